The van der Waals surface area contributed by atoms with E-state index < -0.39 is 21.7 Å². The second-order valence-electron chi connectivity index (χ2n) is 5.88. The molecule has 2 aromatic rings. The van der Waals surface area contributed by atoms with Crippen molar-refractivity contribution in [2.45, 2.75) is 5.75 Å². The molecule has 10 heteroatoms. The number of carbonyl (C=O) groups is 1. The number of nitrogens with zero attached hydrogens (tertiary/aromatic N) is 1. The molecule has 2 aromatic carbocycles. The number of sulfonamides is 1. The molecule has 0 aromatic heterocycles. The minimum atomic E-state index is -3.69. The lowest BCUT2D eigenvalue weighted by Crippen LogP contribution is -2.41. The summed E-state index contributed by atoms with van der Waals surface area (Å²) in [5.41, 5.74) is 1.17. The SMILES string of the molecule is CS(=O)(=O)N(CC(=O)NCCSCc1ccc(Cl)cc1Cl)c1ccc(F)cc1. The molecule has 0 aliphatic carbocycles. The van der Waals surface area contributed by atoms with Gasteiger partial charge in [0.25, 0.3) is 0 Å². The number of nitrogens with one attached hydrogen (secondary N) is 1. The third kappa shape index (κ3) is 7.16. The van der Waals surface area contributed by atoms with Gasteiger partial charge in [0.15, 0.2) is 0 Å². The lowest BCUT2D eigenvalue weighted by atomic mass is 10.2. The first-order valence-electron chi connectivity index (χ1n) is 8.18. The van der Waals surface area contributed by atoms with Crippen LogP contribution in [-0.2, 0) is 20.6 Å². The van der Waals surface area contributed by atoms with Crippen LogP contribution in [0.1, 0.15) is 5.56 Å². The molecule has 0 saturated carbocycles. The van der Waals surface area contributed by atoms with Crippen molar-refractivity contribution >= 4 is 56.6 Å². The average molecular weight is 465 g/mol. The van der Waals surface area contributed by atoms with E-state index >= 15 is 0 Å². The van der Waals surface area contributed by atoms with Gasteiger partial charge >= 0.3 is 0 Å². The number of benzene rings is 2. The molecule has 28 heavy (non-hydrogen) atoms. The van der Waals surface area contributed by atoms with Gasteiger partial charge in [-0.15, -0.1) is 0 Å². The molecule has 2 rings (SSSR count). The van der Waals surface area contributed by atoms with Gasteiger partial charge in [-0.05, 0) is 42.0 Å². The number of anilines is 1. The van der Waals surface area contributed by atoms with Gasteiger partial charge in [0.05, 0.1) is 11.9 Å². The number of hydrogen-bond acceptors (Lipinski definition) is 4. The fraction of sp³-hybridized carbons (Fsp3) is 0.278. The Morgan fingerprint density at radius 1 is 1.18 bits per heavy atom. The summed E-state index contributed by atoms with van der Waals surface area (Å²) >= 11 is 13.5. The molecule has 0 aliphatic heterocycles. The predicted octanol–water partition coefficient (Wildman–Crippen LogP) is 3.95. The van der Waals surface area contributed by atoms with Crippen LogP contribution in [0.15, 0.2) is 42.5 Å². The maximum absolute atomic E-state index is 13.1. The quantitative estimate of drug-likeness (QED) is 0.570. The summed E-state index contributed by atoms with van der Waals surface area (Å²) in [6, 6.07) is 10.2. The fourth-order valence-electron chi connectivity index (χ4n) is 2.28. The summed E-state index contributed by atoms with van der Waals surface area (Å²) < 4.78 is 37.9. The maximum Gasteiger partial charge on any atom is 0.240 e. The van der Waals surface area contributed by atoms with Crippen LogP contribution in [0, 0.1) is 5.82 Å². The van der Waals surface area contributed by atoms with E-state index in [2.05, 4.69) is 5.32 Å². The lowest BCUT2D eigenvalue weighted by Gasteiger charge is -2.21. The molecule has 0 saturated heterocycles. The van der Waals surface area contributed by atoms with E-state index in [4.69, 9.17) is 23.2 Å². The van der Waals surface area contributed by atoms with Gasteiger partial charge in [-0.1, -0.05) is 29.3 Å². The van der Waals surface area contributed by atoms with E-state index in [1.165, 1.54) is 12.1 Å². The summed E-state index contributed by atoms with van der Waals surface area (Å²) in [6.07, 6.45) is 0.995. The van der Waals surface area contributed by atoms with Gasteiger partial charge in [-0.25, -0.2) is 12.8 Å². The summed E-state index contributed by atoms with van der Waals surface area (Å²) in [7, 11) is -3.69. The van der Waals surface area contributed by atoms with Crippen molar-refractivity contribution in [2.75, 3.05) is 29.4 Å². The van der Waals surface area contributed by atoms with Crippen LogP contribution in [0.25, 0.3) is 0 Å². The number of amides is 1. The Morgan fingerprint density at radius 3 is 2.46 bits per heavy atom. The zero-order valence-corrected chi connectivity index (χ0v) is 18.1. The first kappa shape index (κ1) is 22.8. The highest BCUT2D eigenvalue weighted by Gasteiger charge is 2.20. The third-order valence-electron chi connectivity index (χ3n) is 3.64. The molecule has 0 atom stereocenters. The lowest BCUT2D eigenvalue weighted by molar-refractivity contribution is -0.119. The van der Waals surface area contributed by atoms with Crippen molar-refractivity contribution in [3.8, 4) is 0 Å². The van der Waals surface area contributed by atoms with Crippen LogP contribution in [0.2, 0.25) is 10.0 Å². The average Bonchev–Trinajstić information content (AvgIpc) is 2.61. The molecule has 0 bridgehead atoms. The van der Waals surface area contributed by atoms with Crippen LogP contribution in [0.4, 0.5) is 10.1 Å². The monoisotopic (exact) mass is 464 g/mol. The number of rotatable bonds is 9. The number of hydrogen-bond donors (Lipinski definition) is 1. The maximum atomic E-state index is 13.1. The summed E-state index contributed by atoms with van der Waals surface area (Å²) in [5.74, 6) is 0.358. The third-order valence-corrected chi connectivity index (χ3v) is 6.38. The molecule has 1 amide bonds. The summed E-state index contributed by atoms with van der Waals surface area (Å²) in [6.45, 7) is -0.00608. The molecule has 1 N–H and O–H groups in total. The van der Waals surface area contributed by atoms with Crippen molar-refractivity contribution in [1.82, 2.24) is 5.32 Å². The Bertz CT molecular complexity index is 925. The number of thioether (sulfide) groups is 1. The molecule has 0 unspecified atom stereocenters. The van der Waals surface area contributed by atoms with Crippen LogP contribution < -0.4 is 9.62 Å². The predicted molar refractivity (Wildman–Crippen MR) is 114 cm³/mol. The van der Waals surface area contributed by atoms with Crippen molar-refractivity contribution in [3.63, 3.8) is 0 Å². The molecule has 0 heterocycles. The Hall–Kier alpha value is -1.48. The summed E-state index contributed by atoms with van der Waals surface area (Å²) in [5, 5.41) is 3.84. The van der Waals surface area contributed by atoms with E-state index in [-0.39, 0.29) is 12.2 Å². The molecule has 0 aliphatic rings. The molecule has 0 radical (unpaired) electrons. The van der Waals surface area contributed by atoms with Crippen molar-refractivity contribution in [3.05, 3.63) is 63.9 Å². The Kier molecular flexibility index (Phi) is 8.42. The van der Waals surface area contributed by atoms with Gasteiger partial charge in [-0.3, -0.25) is 9.10 Å². The van der Waals surface area contributed by atoms with Crippen molar-refractivity contribution in [2.24, 2.45) is 0 Å². The normalized spacial score (nSPS) is 11.3. The van der Waals surface area contributed by atoms with Crippen molar-refractivity contribution < 1.29 is 17.6 Å². The van der Waals surface area contributed by atoms with E-state index in [0.29, 0.717) is 28.1 Å². The van der Waals surface area contributed by atoms with E-state index in [0.717, 1.165) is 28.3 Å². The molecule has 0 fully saturated rings. The van der Waals surface area contributed by atoms with Gasteiger partial charge in [0, 0.05) is 28.1 Å². The van der Waals surface area contributed by atoms with Crippen molar-refractivity contribution in [1.29, 1.82) is 0 Å². The minimum absolute atomic E-state index is 0.228. The van der Waals surface area contributed by atoms with Crippen LogP contribution in [-0.4, -0.2) is 39.4 Å². The Morgan fingerprint density at radius 2 is 1.86 bits per heavy atom. The highest BCUT2D eigenvalue weighted by atomic mass is 35.5. The van der Waals surface area contributed by atoms with Gasteiger partial charge in [0.2, 0.25) is 15.9 Å². The highest BCUT2D eigenvalue weighted by Crippen LogP contribution is 2.24. The van der Waals surface area contributed by atoms with Gasteiger partial charge < -0.3 is 5.32 Å². The Labute approximate surface area is 178 Å². The van der Waals surface area contributed by atoms with Gasteiger partial charge in [0.1, 0.15) is 12.4 Å². The molecule has 5 nitrogen and oxygen atoms in total. The number of halogens is 3. The Balaban J connectivity index is 1.82. The second-order valence-corrected chi connectivity index (χ2v) is 9.74. The highest BCUT2D eigenvalue weighted by molar-refractivity contribution is 7.98. The smallest absolute Gasteiger partial charge is 0.240 e. The molecular weight excluding hydrogens is 446 g/mol. The van der Waals surface area contributed by atoms with E-state index in [1.807, 2.05) is 6.07 Å². The zero-order valence-electron chi connectivity index (χ0n) is 15.0. The van der Waals surface area contributed by atoms with Crippen LogP contribution in [0.3, 0.4) is 0 Å². The first-order valence-corrected chi connectivity index (χ1v) is 11.9. The van der Waals surface area contributed by atoms with E-state index in [1.54, 1.807) is 23.9 Å². The number of carbonyl (C=O) groups excluding carboxylic acids is 1. The van der Waals surface area contributed by atoms with Crippen LogP contribution >= 0.6 is 35.0 Å². The first-order chi connectivity index (χ1) is 13.2. The minimum Gasteiger partial charge on any atom is -0.354 e. The van der Waals surface area contributed by atoms with Crippen LogP contribution in [0.5, 0.6) is 0 Å². The largest absolute Gasteiger partial charge is 0.354 e. The molecule has 152 valence electrons. The fourth-order valence-corrected chi connectivity index (χ4v) is 4.55. The second kappa shape index (κ2) is 10.3. The summed E-state index contributed by atoms with van der Waals surface area (Å²) in [4.78, 5) is 12.1. The topological polar surface area (TPSA) is 66.5 Å². The van der Waals surface area contributed by atoms with E-state index in [9.17, 15) is 17.6 Å². The molecular formula is C18H19Cl2FN2O3S2. The zero-order chi connectivity index (χ0) is 20.7. The standard InChI is InChI=1S/C18H19Cl2FN2O3S2/c1-28(25,26)23(16-6-4-15(21)5-7-16)11-18(24)22-8-9-27-12-13-2-3-14(19)10-17(13)20/h2-7,10H,8-9,11-12H2,1H3,(H,22,24). The van der Waals surface area contributed by atoms with Gasteiger partial charge in [-0.2, -0.15) is 11.8 Å². The molecule has 0 spiro atoms.